The summed E-state index contributed by atoms with van der Waals surface area (Å²) in [6, 6.07) is 15.6. The number of esters is 1. The van der Waals surface area contributed by atoms with Crippen molar-refractivity contribution >= 4 is 5.97 Å². The zero-order chi connectivity index (χ0) is 24.3. The first-order valence-corrected chi connectivity index (χ1v) is 11.7. The van der Waals surface area contributed by atoms with E-state index in [4.69, 9.17) is 9.47 Å². The normalized spacial score (nSPS) is 10.8. The number of benzene rings is 3. The number of rotatable bonds is 12. The Labute approximate surface area is 198 Å². The molecule has 0 heterocycles. The second-order valence-corrected chi connectivity index (χ2v) is 8.16. The monoisotopic (exact) mass is 470 g/mol. The summed E-state index contributed by atoms with van der Waals surface area (Å²) in [7, 11) is 0. The number of hydrogen-bond acceptors (Lipinski definition) is 3. The minimum atomic E-state index is -1.61. The van der Waals surface area contributed by atoms with E-state index in [0.717, 1.165) is 23.3 Å². The Hall–Kier alpha value is -3.28. The molecule has 0 radical (unpaired) electrons. The average Bonchev–Trinajstić information content (AvgIpc) is 2.84. The fourth-order valence-corrected chi connectivity index (χ4v) is 3.55. The number of carbonyl (C=O) groups is 1. The summed E-state index contributed by atoms with van der Waals surface area (Å²) in [5.41, 5.74) is 2.03. The van der Waals surface area contributed by atoms with E-state index in [0.29, 0.717) is 18.7 Å². The molecule has 0 aliphatic rings. The molecule has 3 aromatic carbocycles. The molecule has 180 valence electrons. The molecule has 0 aromatic heterocycles. The Morgan fingerprint density at radius 3 is 1.82 bits per heavy atom. The highest BCUT2D eigenvalue weighted by Gasteiger charge is 2.15. The molecule has 0 saturated carbocycles. The van der Waals surface area contributed by atoms with Crippen molar-refractivity contribution in [1.82, 2.24) is 0 Å². The van der Waals surface area contributed by atoms with Gasteiger partial charge in [0.1, 0.15) is 11.5 Å². The maximum atomic E-state index is 13.3. The lowest BCUT2D eigenvalue weighted by molar-refractivity contribution is 0.0733. The second kappa shape index (κ2) is 12.8. The van der Waals surface area contributed by atoms with Crippen molar-refractivity contribution in [2.75, 3.05) is 6.61 Å². The average molecular weight is 471 g/mol. The van der Waals surface area contributed by atoms with E-state index in [1.54, 1.807) is 24.3 Å². The summed E-state index contributed by atoms with van der Waals surface area (Å²) in [5, 5.41) is 0. The van der Waals surface area contributed by atoms with Crippen LogP contribution in [0.2, 0.25) is 0 Å². The largest absolute Gasteiger partial charge is 0.494 e. The van der Waals surface area contributed by atoms with Crippen LogP contribution in [0, 0.1) is 17.5 Å². The number of ether oxygens (including phenoxy) is 2. The molecule has 0 atom stereocenters. The molecule has 0 amide bonds. The van der Waals surface area contributed by atoms with E-state index >= 15 is 0 Å². The van der Waals surface area contributed by atoms with Gasteiger partial charge < -0.3 is 9.47 Å². The molecule has 0 N–H and O–H groups in total. The van der Waals surface area contributed by atoms with Crippen LogP contribution in [0.3, 0.4) is 0 Å². The molecular weight excluding hydrogens is 441 g/mol. The van der Waals surface area contributed by atoms with Crippen LogP contribution < -0.4 is 9.47 Å². The van der Waals surface area contributed by atoms with Gasteiger partial charge in [-0.1, -0.05) is 69.7 Å². The molecule has 34 heavy (non-hydrogen) atoms. The Morgan fingerprint density at radius 1 is 0.706 bits per heavy atom. The lowest BCUT2D eigenvalue weighted by Crippen LogP contribution is -2.09. The van der Waals surface area contributed by atoms with Gasteiger partial charge >= 0.3 is 5.97 Å². The molecule has 0 aliphatic heterocycles. The summed E-state index contributed by atoms with van der Waals surface area (Å²) in [5.74, 6) is -4.85. The van der Waals surface area contributed by atoms with Gasteiger partial charge in [0.2, 0.25) is 0 Å². The first-order valence-electron chi connectivity index (χ1n) is 11.7. The van der Waals surface area contributed by atoms with Gasteiger partial charge in [0.25, 0.3) is 0 Å². The smallest absolute Gasteiger partial charge is 0.343 e. The Bertz CT molecular complexity index is 1040. The van der Waals surface area contributed by atoms with Crippen LogP contribution in [-0.4, -0.2) is 12.6 Å². The van der Waals surface area contributed by atoms with E-state index in [2.05, 4.69) is 6.92 Å². The Morgan fingerprint density at radius 2 is 1.24 bits per heavy atom. The van der Waals surface area contributed by atoms with E-state index in [1.807, 2.05) is 24.3 Å². The zero-order valence-corrected chi connectivity index (χ0v) is 19.3. The Balaban J connectivity index is 1.49. The number of hydrogen-bond donors (Lipinski definition) is 0. The van der Waals surface area contributed by atoms with E-state index in [-0.39, 0.29) is 5.56 Å². The van der Waals surface area contributed by atoms with E-state index in [1.165, 1.54) is 38.5 Å². The predicted molar refractivity (Wildman–Crippen MR) is 127 cm³/mol. The second-order valence-electron chi connectivity index (χ2n) is 8.16. The van der Waals surface area contributed by atoms with Crippen molar-refractivity contribution < 1.29 is 27.4 Å². The maximum Gasteiger partial charge on any atom is 0.343 e. The number of carbonyl (C=O) groups excluding carboxylic acids is 1. The van der Waals surface area contributed by atoms with Crippen LogP contribution >= 0.6 is 0 Å². The minimum absolute atomic E-state index is 0.198. The predicted octanol–water partition coefficient (Wildman–Crippen LogP) is 8.12. The van der Waals surface area contributed by atoms with Crippen LogP contribution in [0.15, 0.2) is 60.7 Å². The fourth-order valence-electron chi connectivity index (χ4n) is 3.55. The molecule has 3 rings (SSSR count). The van der Waals surface area contributed by atoms with Gasteiger partial charge in [-0.25, -0.2) is 18.0 Å². The van der Waals surface area contributed by atoms with Gasteiger partial charge in [-0.3, -0.25) is 0 Å². The van der Waals surface area contributed by atoms with Crippen LogP contribution in [0.4, 0.5) is 13.2 Å². The molecule has 6 heteroatoms. The van der Waals surface area contributed by atoms with Gasteiger partial charge in [0.05, 0.1) is 12.2 Å². The number of halogens is 3. The topological polar surface area (TPSA) is 35.5 Å². The lowest BCUT2D eigenvalue weighted by atomic mass is 10.0. The van der Waals surface area contributed by atoms with Gasteiger partial charge in [-0.15, -0.1) is 0 Å². The van der Waals surface area contributed by atoms with Crippen molar-refractivity contribution in [2.24, 2.45) is 0 Å². The molecule has 3 nitrogen and oxygen atoms in total. The quantitative estimate of drug-likeness (QED) is 0.116. The van der Waals surface area contributed by atoms with Crippen LogP contribution in [0.25, 0.3) is 11.1 Å². The summed E-state index contributed by atoms with van der Waals surface area (Å²) < 4.78 is 50.4. The standard InChI is InChI=1S/C28H29F3O3/c1-2-3-4-5-6-7-8-17-33-23-15-13-21(14-16-23)20-9-11-22(12-10-20)28(32)34-24-18-25(29)27(31)26(30)19-24/h9-16,18-19H,2-8,17H2,1H3. The first kappa shape index (κ1) is 25.3. The Kier molecular flexibility index (Phi) is 9.56. The summed E-state index contributed by atoms with van der Waals surface area (Å²) in [6.07, 6.45) is 8.66. The molecule has 0 fully saturated rings. The van der Waals surface area contributed by atoms with Crippen LogP contribution in [0.5, 0.6) is 11.5 Å². The summed E-state index contributed by atoms with van der Waals surface area (Å²) in [6.45, 7) is 2.92. The van der Waals surface area contributed by atoms with Gasteiger partial charge in [0, 0.05) is 12.1 Å². The minimum Gasteiger partial charge on any atom is -0.494 e. The fraction of sp³-hybridized carbons (Fsp3) is 0.321. The highest BCUT2D eigenvalue weighted by atomic mass is 19.2. The van der Waals surface area contributed by atoms with E-state index in [9.17, 15) is 18.0 Å². The molecular formula is C28H29F3O3. The van der Waals surface area contributed by atoms with Crippen LogP contribution in [0.1, 0.15) is 62.2 Å². The van der Waals surface area contributed by atoms with E-state index < -0.39 is 29.2 Å². The SMILES string of the molecule is CCCCCCCCCOc1ccc(-c2ccc(C(=O)Oc3cc(F)c(F)c(F)c3)cc2)cc1. The molecule has 0 bridgehead atoms. The highest BCUT2D eigenvalue weighted by Crippen LogP contribution is 2.24. The van der Waals surface area contributed by atoms with Crippen molar-refractivity contribution in [2.45, 2.75) is 51.9 Å². The van der Waals surface area contributed by atoms with Crippen molar-refractivity contribution in [3.8, 4) is 22.6 Å². The maximum absolute atomic E-state index is 13.3. The van der Waals surface area contributed by atoms with Crippen molar-refractivity contribution in [3.05, 3.63) is 83.7 Å². The molecule has 3 aromatic rings. The third kappa shape index (κ3) is 7.37. The van der Waals surface area contributed by atoms with Crippen molar-refractivity contribution in [1.29, 1.82) is 0 Å². The molecule has 0 saturated heterocycles. The third-order valence-electron chi connectivity index (χ3n) is 5.49. The molecule has 0 aliphatic carbocycles. The third-order valence-corrected chi connectivity index (χ3v) is 5.49. The zero-order valence-electron chi connectivity index (χ0n) is 19.3. The molecule has 0 spiro atoms. The summed E-state index contributed by atoms with van der Waals surface area (Å²) in [4.78, 5) is 12.2. The highest BCUT2D eigenvalue weighted by molar-refractivity contribution is 5.91. The first-order chi connectivity index (χ1) is 16.5. The van der Waals surface area contributed by atoms with Gasteiger partial charge in [-0.2, -0.15) is 0 Å². The molecule has 0 unspecified atom stereocenters. The van der Waals surface area contributed by atoms with Crippen LogP contribution in [-0.2, 0) is 0 Å². The van der Waals surface area contributed by atoms with Gasteiger partial charge in [0.15, 0.2) is 17.5 Å². The summed E-state index contributed by atoms with van der Waals surface area (Å²) >= 11 is 0. The van der Waals surface area contributed by atoms with Crippen molar-refractivity contribution in [3.63, 3.8) is 0 Å². The lowest BCUT2D eigenvalue weighted by Gasteiger charge is -2.09. The number of unbranched alkanes of at least 4 members (excludes halogenated alkanes) is 6. The van der Waals surface area contributed by atoms with Gasteiger partial charge in [-0.05, 0) is 41.8 Å².